The van der Waals surface area contributed by atoms with Gasteiger partial charge in [-0.3, -0.25) is 5.43 Å². The molecule has 0 unspecified atom stereocenters. The summed E-state index contributed by atoms with van der Waals surface area (Å²) in [5.74, 6) is -0.254. The Morgan fingerprint density at radius 2 is 0.651 bits per heavy atom. The summed E-state index contributed by atoms with van der Waals surface area (Å²) in [6.45, 7) is 6.43. The van der Waals surface area contributed by atoms with E-state index in [2.05, 4.69) is 30.2 Å². The van der Waals surface area contributed by atoms with Gasteiger partial charge in [0.2, 0.25) is 0 Å². The van der Waals surface area contributed by atoms with Crippen molar-refractivity contribution in [1.82, 2.24) is 16.3 Å². The second-order valence-corrected chi connectivity index (χ2v) is 13.3. The van der Waals surface area contributed by atoms with Crippen LogP contribution in [0.3, 0.4) is 0 Å². The minimum atomic E-state index is -0.254. The minimum Gasteiger partial charge on any atom is -0.369 e. The molecule has 0 aliphatic rings. The minimum absolute atomic E-state index is 0.199. The van der Waals surface area contributed by atoms with Gasteiger partial charge in [-0.15, -0.1) is 0 Å². The predicted molar refractivity (Wildman–Crippen MR) is 189 cm³/mol. The van der Waals surface area contributed by atoms with E-state index in [1.165, 1.54) is 193 Å². The molecule has 0 saturated heterocycles. The first-order valence-electron chi connectivity index (χ1n) is 19.7. The average Bonchev–Trinajstić information content (AvgIpc) is 3.01. The molecule has 0 rings (SSSR count). The number of carbonyl (C=O) groups is 1. The molecular formula is C38H79N3O2. The van der Waals surface area contributed by atoms with Crippen molar-refractivity contribution in [3.05, 3.63) is 0 Å². The molecule has 0 aromatic rings. The highest BCUT2D eigenvalue weighted by Crippen LogP contribution is 2.15. The lowest BCUT2D eigenvalue weighted by Crippen LogP contribution is -2.38. The largest absolute Gasteiger partial charge is 0.369 e. The van der Waals surface area contributed by atoms with Crippen molar-refractivity contribution in [3.63, 3.8) is 0 Å². The summed E-state index contributed by atoms with van der Waals surface area (Å²) in [4.78, 5) is 16.9. The van der Waals surface area contributed by atoms with Gasteiger partial charge in [-0.2, -0.15) is 5.48 Å². The normalized spacial score (nSPS) is 11.4. The van der Waals surface area contributed by atoms with Gasteiger partial charge in [-0.05, 0) is 12.8 Å². The highest BCUT2D eigenvalue weighted by molar-refractivity contribution is 5.71. The molecule has 0 heterocycles. The second-order valence-electron chi connectivity index (χ2n) is 13.3. The fraction of sp³-hybridized carbons (Fsp3) is 0.974. The number of hydrogen-bond donors (Lipinski definition) is 3. The van der Waals surface area contributed by atoms with E-state index in [0.717, 1.165) is 25.9 Å². The van der Waals surface area contributed by atoms with Crippen LogP contribution in [0.5, 0.6) is 0 Å². The molecule has 0 saturated carbocycles. The van der Waals surface area contributed by atoms with Crippen molar-refractivity contribution < 1.29 is 9.63 Å². The van der Waals surface area contributed by atoms with Crippen molar-refractivity contribution in [2.45, 2.75) is 219 Å². The number of nitrogens with one attached hydrogen (secondary N) is 3. The maximum absolute atomic E-state index is 11.8. The summed E-state index contributed by atoms with van der Waals surface area (Å²) in [6, 6.07) is 0. The van der Waals surface area contributed by atoms with Crippen LogP contribution in [0.25, 0.3) is 0 Å². The standard InChI is InChI=1S/C38H79N3O2/c1-3-5-7-9-11-13-15-17-19-21-23-25-27-29-31-33-35-39-40-37-38(42)43-41-36-34-32-30-28-26-24-22-20-18-16-14-12-10-8-6-4-2/h39-41H,3-37H2,1-2H3. The topological polar surface area (TPSA) is 62.4 Å². The van der Waals surface area contributed by atoms with Gasteiger partial charge in [0.05, 0.1) is 0 Å². The highest BCUT2D eigenvalue weighted by atomic mass is 16.7. The molecule has 0 fully saturated rings. The molecule has 0 amide bonds. The highest BCUT2D eigenvalue weighted by Gasteiger charge is 2.02. The van der Waals surface area contributed by atoms with Crippen LogP contribution in [0.1, 0.15) is 219 Å². The van der Waals surface area contributed by atoms with Crippen molar-refractivity contribution in [2.24, 2.45) is 0 Å². The Morgan fingerprint density at radius 3 is 0.977 bits per heavy atom. The smallest absolute Gasteiger partial charge is 0.339 e. The molecule has 0 radical (unpaired) electrons. The molecule has 3 N–H and O–H groups in total. The van der Waals surface area contributed by atoms with Gasteiger partial charge >= 0.3 is 5.97 Å². The molecule has 258 valence electrons. The molecule has 0 aliphatic heterocycles. The molecule has 0 aromatic carbocycles. The number of rotatable bonds is 38. The van der Waals surface area contributed by atoms with Gasteiger partial charge in [0.1, 0.15) is 6.54 Å². The summed E-state index contributed by atoms with van der Waals surface area (Å²) < 4.78 is 0. The summed E-state index contributed by atoms with van der Waals surface area (Å²) in [7, 11) is 0. The Balaban J connectivity index is 3.14. The summed E-state index contributed by atoms with van der Waals surface area (Å²) in [5, 5.41) is 0. The van der Waals surface area contributed by atoms with E-state index >= 15 is 0 Å². The van der Waals surface area contributed by atoms with Crippen LogP contribution in [0.15, 0.2) is 0 Å². The monoisotopic (exact) mass is 610 g/mol. The molecule has 5 heteroatoms. The second kappa shape index (κ2) is 39.4. The van der Waals surface area contributed by atoms with Gasteiger partial charge in [-0.25, -0.2) is 10.2 Å². The molecule has 5 nitrogen and oxygen atoms in total. The number of hydrogen-bond acceptors (Lipinski definition) is 5. The van der Waals surface area contributed by atoms with E-state index in [1.807, 2.05) is 0 Å². The Hall–Kier alpha value is -0.650. The first-order valence-corrected chi connectivity index (χ1v) is 19.7. The van der Waals surface area contributed by atoms with E-state index in [-0.39, 0.29) is 12.5 Å². The van der Waals surface area contributed by atoms with Crippen LogP contribution in [0.2, 0.25) is 0 Å². The van der Waals surface area contributed by atoms with Crippen molar-refractivity contribution in [3.8, 4) is 0 Å². The van der Waals surface area contributed by atoms with Crippen molar-refractivity contribution in [2.75, 3.05) is 19.6 Å². The zero-order valence-corrected chi connectivity index (χ0v) is 29.6. The maximum atomic E-state index is 11.8. The Bertz CT molecular complexity index is 517. The third kappa shape index (κ3) is 39.3. The SMILES string of the molecule is CCCCCCCCCCCCCCCCCCNNCC(=O)ONCCCCCCCCCCCCCCCCCC. The predicted octanol–water partition coefficient (Wildman–Crippen LogP) is 11.7. The fourth-order valence-electron chi connectivity index (χ4n) is 5.90. The molecule has 0 spiro atoms. The zero-order chi connectivity index (χ0) is 31.2. The summed E-state index contributed by atoms with van der Waals surface area (Å²) in [6.07, 6.45) is 44.1. The summed E-state index contributed by atoms with van der Waals surface area (Å²) >= 11 is 0. The number of carbonyl (C=O) groups excluding carboxylic acids is 1. The summed E-state index contributed by atoms with van der Waals surface area (Å²) in [5.41, 5.74) is 8.96. The lowest BCUT2D eigenvalue weighted by molar-refractivity contribution is -0.150. The van der Waals surface area contributed by atoms with Crippen LogP contribution in [-0.4, -0.2) is 25.6 Å². The van der Waals surface area contributed by atoms with E-state index in [1.54, 1.807) is 0 Å². The van der Waals surface area contributed by atoms with Crippen LogP contribution < -0.4 is 16.3 Å². The average molecular weight is 610 g/mol. The Morgan fingerprint density at radius 1 is 0.372 bits per heavy atom. The number of unbranched alkanes of at least 4 members (excludes halogenated alkanes) is 30. The molecule has 0 bridgehead atoms. The quantitative estimate of drug-likeness (QED) is 0.0480. The van der Waals surface area contributed by atoms with Crippen LogP contribution in [-0.2, 0) is 9.63 Å². The molecule has 0 atom stereocenters. The van der Waals surface area contributed by atoms with E-state index in [9.17, 15) is 4.79 Å². The third-order valence-corrected chi connectivity index (χ3v) is 8.83. The van der Waals surface area contributed by atoms with Gasteiger partial charge in [0.25, 0.3) is 0 Å². The van der Waals surface area contributed by atoms with Crippen LogP contribution in [0, 0.1) is 0 Å². The first-order chi connectivity index (χ1) is 21.3. The lowest BCUT2D eigenvalue weighted by atomic mass is 10.0. The van der Waals surface area contributed by atoms with Crippen molar-refractivity contribution in [1.29, 1.82) is 0 Å². The van der Waals surface area contributed by atoms with Gasteiger partial charge in [0.15, 0.2) is 0 Å². The van der Waals surface area contributed by atoms with Gasteiger partial charge < -0.3 is 4.84 Å². The molecule has 0 aromatic heterocycles. The van der Waals surface area contributed by atoms with Crippen LogP contribution >= 0.6 is 0 Å². The van der Waals surface area contributed by atoms with Crippen molar-refractivity contribution >= 4 is 5.97 Å². The van der Waals surface area contributed by atoms with Crippen LogP contribution in [0.4, 0.5) is 0 Å². The van der Waals surface area contributed by atoms with E-state index in [4.69, 9.17) is 4.84 Å². The molecule has 43 heavy (non-hydrogen) atoms. The number of hydrazine groups is 1. The Labute approximate surface area is 270 Å². The Kier molecular flexibility index (Phi) is 38.8. The van der Waals surface area contributed by atoms with Gasteiger partial charge in [0, 0.05) is 13.1 Å². The maximum Gasteiger partial charge on any atom is 0.339 e. The lowest BCUT2D eigenvalue weighted by Gasteiger charge is -2.08. The van der Waals surface area contributed by atoms with Gasteiger partial charge in [-0.1, -0.05) is 206 Å². The number of hydroxylamine groups is 1. The molecular weight excluding hydrogens is 530 g/mol. The van der Waals surface area contributed by atoms with E-state index in [0.29, 0.717) is 0 Å². The fourth-order valence-corrected chi connectivity index (χ4v) is 5.90. The zero-order valence-electron chi connectivity index (χ0n) is 29.6. The first kappa shape index (κ1) is 42.3. The molecule has 0 aliphatic carbocycles. The van der Waals surface area contributed by atoms with E-state index < -0.39 is 0 Å². The third-order valence-electron chi connectivity index (χ3n) is 8.83.